The van der Waals surface area contributed by atoms with Crippen LogP contribution in [0.4, 0.5) is 0 Å². The summed E-state index contributed by atoms with van der Waals surface area (Å²) in [6.45, 7) is 6.74. The predicted molar refractivity (Wildman–Crippen MR) is 80.2 cm³/mol. The SMILES string of the molecule is CC(C)(C)Sc1ccc2c(c1)=NC1(CCCCC1)N=2. The van der Waals surface area contributed by atoms with E-state index in [-0.39, 0.29) is 10.4 Å². The molecule has 1 aromatic carbocycles. The van der Waals surface area contributed by atoms with Crippen LogP contribution in [0.3, 0.4) is 0 Å². The summed E-state index contributed by atoms with van der Waals surface area (Å²) in [4.78, 5) is 11.2. The Labute approximate surface area is 119 Å². The maximum atomic E-state index is 4.95. The highest BCUT2D eigenvalue weighted by Gasteiger charge is 2.32. The van der Waals surface area contributed by atoms with Crippen LogP contribution >= 0.6 is 11.8 Å². The topological polar surface area (TPSA) is 24.7 Å². The van der Waals surface area contributed by atoms with Crippen molar-refractivity contribution >= 4 is 11.8 Å². The van der Waals surface area contributed by atoms with Crippen LogP contribution in [0.1, 0.15) is 52.9 Å². The van der Waals surface area contributed by atoms with Crippen molar-refractivity contribution in [3.05, 3.63) is 28.9 Å². The summed E-state index contributed by atoms with van der Waals surface area (Å²) in [6.07, 6.45) is 6.14. The molecule has 1 fully saturated rings. The molecule has 0 saturated heterocycles. The molecular weight excluding hydrogens is 252 g/mol. The van der Waals surface area contributed by atoms with Crippen LogP contribution in [-0.4, -0.2) is 10.4 Å². The number of hydrogen-bond acceptors (Lipinski definition) is 3. The van der Waals surface area contributed by atoms with Gasteiger partial charge in [-0.1, -0.05) is 27.2 Å². The molecule has 0 radical (unpaired) electrons. The molecule has 3 rings (SSSR count). The highest BCUT2D eigenvalue weighted by Crippen LogP contribution is 2.34. The van der Waals surface area contributed by atoms with Crippen LogP contribution in [0.2, 0.25) is 0 Å². The van der Waals surface area contributed by atoms with E-state index in [9.17, 15) is 0 Å². The van der Waals surface area contributed by atoms with E-state index in [1.54, 1.807) is 0 Å². The molecule has 0 N–H and O–H groups in total. The van der Waals surface area contributed by atoms with Crippen molar-refractivity contribution < 1.29 is 0 Å². The third-order valence-corrected chi connectivity index (χ3v) is 4.78. The van der Waals surface area contributed by atoms with Gasteiger partial charge in [-0.3, -0.25) is 9.98 Å². The second-order valence-electron chi connectivity index (χ2n) is 6.63. The molecule has 1 saturated carbocycles. The minimum atomic E-state index is -0.106. The van der Waals surface area contributed by atoms with Gasteiger partial charge < -0.3 is 0 Å². The molecule has 1 aliphatic carbocycles. The first-order chi connectivity index (χ1) is 8.96. The van der Waals surface area contributed by atoms with Gasteiger partial charge in [-0.15, -0.1) is 11.8 Å². The molecular formula is C16H22N2S. The zero-order valence-electron chi connectivity index (χ0n) is 12.1. The fourth-order valence-corrected chi connectivity index (χ4v) is 3.93. The van der Waals surface area contributed by atoms with Crippen molar-refractivity contribution in [2.45, 2.75) is 68.2 Å². The maximum Gasteiger partial charge on any atom is 0.151 e. The van der Waals surface area contributed by atoms with E-state index in [1.165, 1.54) is 24.2 Å². The van der Waals surface area contributed by atoms with Gasteiger partial charge >= 0.3 is 0 Å². The van der Waals surface area contributed by atoms with E-state index in [0.717, 1.165) is 23.6 Å². The number of rotatable bonds is 1. The summed E-state index contributed by atoms with van der Waals surface area (Å²) < 4.78 is 0.243. The molecule has 0 atom stereocenters. The summed E-state index contributed by atoms with van der Waals surface area (Å²) >= 11 is 1.90. The summed E-state index contributed by atoms with van der Waals surface area (Å²) in [5, 5.41) is 2.20. The van der Waals surface area contributed by atoms with Crippen molar-refractivity contribution in [1.82, 2.24) is 0 Å². The Balaban J connectivity index is 1.95. The Kier molecular flexibility index (Phi) is 3.20. The third-order valence-electron chi connectivity index (χ3n) is 3.68. The normalized spacial score (nSPS) is 20.8. The van der Waals surface area contributed by atoms with Gasteiger partial charge in [-0.2, -0.15) is 0 Å². The number of benzene rings is 1. The molecule has 1 spiro atoms. The van der Waals surface area contributed by atoms with Crippen molar-refractivity contribution in [2.24, 2.45) is 9.98 Å². The van der Waals surface area contributed by atoms with Crippen LogP contribution in [0.5, 0.6) is 0 Å². The lowest BCUT2D eigenvalue weighted by molar-refractivity contribution is 0.309. The Morgan fingerprint density at radius 1 is 1.00 bits per heavy atom. The largest absolute Gasteiger partial charge is 0.253 e. The Morgan fingerprint density at radius 2 is 1.68 bits per heavy atom. The average Bonchev–Trinajstić information content (AvgIpc) is 2.64. The van der Waals surface area contributed by atoms with Crippen LogP contribution in [0.15, 0.2) is 33.1 Å². The van der Waals surface area contributed by atoms with Gasteiger partial charge in [-0.25, -0.2) is 0 Å². The van der Waals surface area contributed by atoms with Gasteiger partial charge in [-0.05, 0) is 43.9 Å². The van der Waals surface area contributed by atoms with E-state index in [0.29, 0.717) is 0 Å². The first-order valence-corrected chi connectivity index (χ1v) is 8.06. The second-order valence-corrected chi connectivity index (χ2v) is 8.53. The third kappa shape index (κ3) is 2.86. The molecule has 1 aliphatic heterocycles. The standard InChI is InChI=1S/C16H22N2S/c1-15(2,3)19-12-7-8-13-14(11-12)18-16(17-13)9-5-4-6-10-16/h7-8,11H,4-6,9-10H2,1-3H3. The summed E-state index contributed by atoms with van der Waals surface area (Å²) in [5.74, 6) is 0. The van der Waals surface area contributed by atoms with Crippen LogP contribution < -0.4 is 10.7 Å². The molecule has 1 heterocycles. The lowest BCUT2D eigenvalue weighted by Gasteiger charge is -2.27. The van der Waals surface area contributed by atoms with Crippen molar-refractivity contribution in [2.75, 3.05) is 0 Å². The molecule has 0 amide bonds. The molecule has 0 unspecified atom stereocenters. The zero-order valence-corrected chi connectivity index (χ0v) is 12.9. The van der Waals surface area contributed by atoms with E-state index in [4.69, 9.17) is 9.98 Å². The number of thioether (sulfide) groups is 1. The highest BCUT2D eigenvalue weighted by molar-refractivity contribution is 8.00. The van der Waals surface area contributed by atoms with Gasteiger partial charge in [0.15, 0.2) is 5.66 Å². The lowest BCUT2D eigenvalue weighted by atomic mass is 9.90. The Morgan fingerprint density at radius 3 is 2.37 bits per heavy atom. The van der Waals surface area contributed by atoms with Gasteiger partial charge in [0, 0.05) is 9.64 Å². The fourth-order valence-electron chi connectivity index (χ4n) is 2.92. The van der Waals surface area contributed by atoms with Crippen molar-refractivity contribution in [3.63, 3.8) is 0 Å². The highest BCUT2D eigenvalue weighted by atomic mass is 32.2. The molecule has 0 bridgehead atoms. The monoisotopic (exact) mass is 274 g/mol. The van der Waals surface area contributed by atoms with Crippen molar-refractivity contribution in [3.8, 4) is 0 Å². The van der Waals surface area contributed by atoms with E-state index < -0.39 is 0 Å². The number of fused-ring (bicyclic) bond motifs is 1. The predicted octanol–water partition coefficient (Wildman–Crippen LogP) is 3.49. The molecule has 19 heavy (non-hydrogen) atoms. The summed E-state index contributed by atoms with van der Waals surface area (Å²) in [6, 6.07) is 6.56. The number of nitrogens with zero attached hydrogens (tertiary/aromatic N) is 2. The average molecular weight is 274 g/mol. The second kappa shape index (κ2) is 4.62. The van der Waals surface area contributed by atoms with E-state index in [1.807, 2.05) is 11.8 Å². The Hall–Kier alpha value is -0.830. The van der Waals surface area contributed by atoms with Gasteiger partial charge in [0.25, 0.3) is 0 Å². The quantitative estimate of drug-likeness (QED) is 0.719. The smallest absolute Gasteiger partial charge is 0.151 e. The molecule has 2 nitrogen and oxygen atoms in total. The minimum absolute atomic E-state index is 0.106. The lowest BCUT2D eigenvalue weighted by Crippen LogP contribution is -2.25. The van der Waals surface area contributed by atoms with Crippen LogP contribution in [-0.2, 0) is 0 Å². The molecule has 0 aromatic heterocycles. The minimum Gasteiger partial charge on any atom is -0.253 e. The summed E-state index contributed by atoms with van der Waals surface area (Å²) in [7, 11) is 0. The van der Waals surface area contributed by atoms with E-state index in [2.05, 4.69) is 39.0 Å². The first kappa shape index (κ1) is 13.2. The van der Waals surface area contributed by atoms with Gasteiger partial charge in [0.05, 0.1) is 10.7 Å². The molecule has 3 heteroatoms. The first-order valence-electron chi connectivity index (χ1n) is 7.25. The molecule has 102 valence electrons. The fraction of sp³-hybridized carbons (Fsp3) is 0.625. The van der Waals surface area contributed by atoms with E-state index >= 15 is 0 Å². The Bertz CT molecular complexity index is 592. The maximum absolute atomic E-state index is 4.95. The van der Waals surface area contributed by atoms with Gasteiger partial charge in [0.1, 0.15) is 0 Å². The molecule has 2 aliphatic rings. The summed E-state index contributed by atoms with van der Waals surface area (Å²) in [5.41, 5.74) is -0.106. The zero-order chi connectivity index (χ0) is 13.5. The number of hydrogen-bond donors (Lipinski definition) is 0. The van der Waals surface area contributed by atoms with Gasteiger partial charge in [0.2, 0.25) is 0 Å². The molecule has 1 aromatic rings. The van der Waals surface area contributed by atoms with Crippen LogP contribution in [0.25, 0.3) is 0 Å². The van der Waals surface area contributed by atoms with Crippen molar-refractivity contribution in [1.29, 1.82) is 0 Å². The van der Waals surface area contributed by atoms with Crippen LogP contribution in [0, 0.1) is 0 Å².